The number of benzene rings is 1. The second-order valence-electron chi connectivity index (χ2n) is 5.37. The average molecular weight is 262 g/mol. The fourth-order valence-electron chi connectivity index (χ4n) is 2.64. The van der Waals surface area contributed by atoms with Crippen molar-refractivity contribution in [3.8, 4) is 0 Å². The van der Waals surface area contributed by atoms with Crippen molar-refractivity contribution in [2.24, 2.45) is 5.92 Å². The van der Waals surface area contributed by atoms with Crippen LogP contribution in [0.3, 0.4) is 0 Å². The van der Waals surface area contributed by atoms with Gasteiger partial charge < -0.3 is 16.2 Å². The maximum atomic E-state index is 11.9. The lowest BCUT2D eigenvalue weighted by Gasteiger charge is -2.25. The summed E-state index contributed by atoms with van der Waals surface area (Å²) in [5.41, 5.74) is 7.34. The Labute approximate surface area is 114 Å². The zero-order chi connectivity index (χ0) is 13.7. The van der Waals surface area contributed by atoms with E-state index in [2.05, 4.69) is 5.32 Å². The monoisotopic (exact) mass is 262 g/mol. The van der Waals surface area contributed by atoms with Crippen molar-refractivity contribution in [1.82, 2.24) is 5.32 Å². The molecular weight excluding hydrogens is 240 g/mol. The lowest BCUT2D eigenvalue weighted by Crippen LogP contribution is -2.33. The van der Waals surface area contributed by atoms with Crippen LogP contribution < -0.4 is 11.1 Å². The highest BCUT2D eigenvalue weighted by molar-refractivity contribution is 5.80. The van der Waals surface area contributed by atoms with E-state index in [4.69, 9.17) is 5.73 Å². The van der Waals surface area contributed by atoms with E-state index in [1.165, 1.54) is 0 Å². The van der Waals surface area contributed by atoms with Crippen LogP contribution in [0.5, 0.6) is 0 Å². The summed E-state index contributed by atoms with van der Waals surface area (Å²) in [5.74, 6) is 0.402. The highest BCUT2D eigenvalue weighted by Gasteiger charge is 2.20. The fraction of sp³-hybridized carbons (Fsp3) is 0.533. The Hall–Kier alpha value is -1.55. The molecule has 1 amide bonds. The van der Waals surface area contributed by atoms with Crippen molar-refractivity contribution >= 4 is 11.6 Å². The second kappa shape index (κ2) is 6.57. The lowest BCUT2D eigenvalue weighted by atomic mass is 9.87. The first-order valence-electron chi connectivity index (χ1n) is 6.93. The summed E-state index contributed by atoms with van der Waals surface area (Å²) in [6.07, 6.45) is 3.96. The van der Waals surface area contributed by atoms with E-state index in [1.807, 2.05) is 18.2 Å². The summed E-state index contributed by atoms with van der Waals surface area (Å²) in [4.78, 5) is 11.9. The second-order valence-corrected chi connectivity index (χ2v) is 5.37. The largest absolute Gasteiger partial charge is 0.398 e. The summed E-state index contributed by atoms with van der Waals surface area (Å²) in [6.45, 7) is 0.655. The molecule has 0 heterocycles. The Morgan fingerprint density at radius 1 is 1.37 bits per heavy atom. The molecule has 2 rings (SSSR count). The topological polar surface area (TPSA) is 75.4 Å². The molecule has 4 N–H and O–H groups in total. The lowest BCUT2D eigenvalue weighted by molar-refractivity contribution is -0.120. The zero-order valence-electron chi connectivity index (χ0n) is 11.1. The molecule has 4 heteroatoms. The molecule has 1 aromatic carbocycles. The maximum Gasteiger partial charge on any atom is 0.224 e. The molecule has 2 unspecified atom stereocenters. The van der Waals surface area contributed by atoms with E-state index < -0.39 is 0 Å². The average Bonchev–Trinajstić information content (AvgIpc) is 2.39. The Morgan fingerprint density at radius 2 is 2.16 bits per heavy atom. The van der Waals surface area contributed by atoms with E-state index in [0.717, 1.165) is 31.2 Å². The quantitative estimate of drug-likeness (QED) is 0.719. The number of carbonyl (C=O) groups excluding carboxylic acids is 1. The Bertz CT molecular complexity index is 434. The van der Waals surface area contributed by atoms with Gasteiger partial charge >= 0.3 is 0 Å². The van der Waals surface area contributed by atoms with Gasteiger partial charge in [0.05, 0.1) is 12.5 Å². The molecule has 19 heavy (non-hydrogen) atoms. The number of nitrogen functional groups attached to an aromatic ring is 1. The SMILES string of the molecule is Nc1ccccc1CC(=O)NCC1CCCC(O)C1. The van der Waals surface area contributed by atoms with E-state index in [9.17, 15) is 9.90 Å². The van der Waals surface area contributed by atoms with Gasteiger partial charge in [0.15, 0.2) is 0 Å². The fourth-order valence-corrected chi connectivity index (χ4v) is 2.64. The minimum Gasteiger partial charge on any atom is -0.398 e. The Morgan fingerprint density at radius 3 is 2.89 bits per heavy atom. The van der Waals surface area contributed by atoms with Crippen molar-refractivity contribution in [1.29, 1.82) is 0 Å². The molecule has 4 nitrogen and oxygen atoms in total. The van der Waals surface area contributed by atoms with Gasteiger partial charge in [-0.2, -0.15) is 0 Å². The third kappa shape index (κ3) is 4.24. The van der Waals surface area contributed by atoms with Crippen molar-refractivity contribution in [2.75, 3.05) is 12.3 Å². The standard InChI is InChI=1S/C15H22N2O2/c16-14-7-2-1-5-12(14)9-15(19)17-10-11-4-3-6-13(18)8-11/h1-2,5,7,11,13,18H,3-4,6,8-10,16H2,(H,17,19). The number of hydrogen-bond donors (Lipinski definition) is 3. The molecule has 2 atom stereocenters. The van der Waals surface area contributed by atoms with Crippen LogP contribution in [0, 0.1) is 5.92 Å². The first-order chi connectivity index (χ1) is 9.15. The number of aliphatic hydroxyl groups excluding tert-OH is 1. The number of nitrogens with one attached hydrogen (secondary N) is 1. The van der Waals surface area contributed by atoms with E-state index in [-0.39, 0.29) is 12.0 Å². The third-order valence-corrected chi connectivity index (χ3v) is 3.75. The summed E-state index contributed by atoms with van der Waals surface area (Å²) < 4.78 is 0. The highest BCUT2D eigenvalue weighted by Crippen LogP contribution is 2.23. The predicted molar refractivity (Wildman–Crippen MR) is 75.5 cm³/mol. The van der Waals surface area contributed by atoms with Crippen LogP contribution in [0.1, 0.15) is 31.2 Å². The van der Waals surface area contributed by atoms with Crippen LogP contribution in [0.4, 0.5) is 5.69 Å². The van der Waals surface area contributed by atoms with E-state index in [1.54, 1.807) is 6.07 Å². The number of anilines is 1. The summed E-state index contributed by atoms with van der Waals surface area (Å²) in [7, 11) is 0. The van der Waals surface area contributed by atoms with Gasteiger partial charge in [0.2, 0.25) is 5.91 Å². The molecule has 1 aliphatic rings. The summed E-state index contributed by atoms with van der Waals surface area (Å²) in [6, 6.07) is 7.43. The minimum absolute atomic E-state index is 0.00189. The first kappa shape index (κ1) is 13.9. The molecule has 1 aliphatic carbocycles. The number of hydrogen-bond acceptors (Lipinski definition) is 3. The number of nitrogens with two attached hydrogens (primary N) is 1. The number of aliphatic hydroxyl groups is 1. The number of carbonyl (C=O) groups is 1. The van der Waals surface area contributed by atoms with Crippen molar-refractivity contribution in [3.05, 3.63) is 29.8 Å². The van der Waals surface area contributed by atoms with Crippen LogP contribution in [-0.4, -0.2) is 23.7 Å². The maximum absolute atomic E-state index is 11.9. The number of amides is 1. The zero-order valence-corrected chi connectivity index (χ0v) is 11.1. The molecule has 0 radical (unpaired) electrons. The van der Waals surface area contributed by atoms with Gasteiger partial charge in [-0.1, -0.05) is 24.6 Å². The Kier molecular flexibility index (Phi) is 4.80. The molecule has 1 saturated carbocycles. The highest BCUT2D eigenvalue weighted by atomic mass is 16.3. The molecule has 0 bridgehead atoms. The third-order valence-electron chi connectivity index (χ3n) is 3.75. The molecule has 1 aromatic rings. The Balaban J connectivity index is 1.77. The van der Waals surface area contributed by atoms with Gasteiger partial charge in [0, 0.05) is 12.2 Å². The predicted octanol–water partition coefficient (Wildman–Crippen LogP) is 1.48. The van der Waals surface area contributed by atoms with E-state index >= 15 is 0 Å². The molecule has 0 aromatic heterocycles. The first-order valence-corrected chi connectivity index (χ1v) is 6.93. The van der Waals surface area contributed by atoms with Gasteiger partial charge in [0.1, 0.15) is 0 Å². The van der Waals surface area contributed by atoms with Crippen molar-refractivity contribution < 1.29 is 9.90 Å². The van der Waals surface area contributed by atoms with Crippen LogP contribution in [0.25, 0.3) is 0 Å². The normalized spacial score (nSPS) is 23.0. The number of para-hydroxylation sites is 1. The van der Waals surface area contributed by atoms with Gasteiger partial charge in [-0.3, -0.25) is 4.79 Å². The number of rotatable bonds is 4. The molecule has 1 fully saturated rings. The molecule has 0 saturated heterocycles. The van der Waals surface area contributed by atoms with Gasteiger partial charge in [0.25, 0.3) is 0 Å². The molecule has 0 spiro atoms. The molecule has 0 aliphatic heterocycles. The van der Waals surface area contributed by atoms with Crippen LogP contribution >= 0.6 is 0 Å². The van der Waals surface area contributed by atoms with Crippen LogP contribution in [0.2, 0.25) is 0 Å². The summed E-state index contributed by atoms with van der Waals surface area (Å²) in [5, 5.41) is 12.5. The van der Waals surface area contributed by atoms with Gasteiger partial charge in [-0.15, -0.1) is 0 Å². The molecular formula is C15H22N2O2. The smallest absolute Gasteiger partial charge is 0.224 e. The minimum atomic E-state index is -0.194. The van der Waals surface area contributed by atoms with Crippen LogP contribution in [-0.2, 0) is 11.2 Å². The van der Waals surface area contributed by atoms with E-state index in [0.29, 0.717) is 24.6 Å². The van der Waals surface area contributed by atoms with Crippen molar-refractivity contribution in [2.45, 2.75) is 38.2 Å². The summed E-state index contributed by atoms with van der Waals surface area (Å²) >= 11 is 0. The van der Waals surface area contributed by atoms with Gasteiger partial charge in [-0.05, 0) is 36.8 Å². The van der Waals surface area contributed by atoms with Gasteiger partial charge in [-0.25, -0.2) is 0 Å². The molecule has 104 valence electrons. The van der Waals surface area contributed by atoms with Crippen molar-refractivity contribution in [3.63, 3.8) is 0 Å². The van der Waals surface area contributed by atoms with Crippen LogP contribution in [0.15, 0.2) is 24.3 Å².